The van der Waals surface area contributed by atoms with Gasteiger partial charge >= 0.3 is 0 Å². The number of hydrogen-bond donors (Lipinski definition) is 1. The highest BCUT2D eigenvalue weighted by atomic mass is 16.5. The van der Waals surface area contributed by atoms with E-state index >= 15 is 0 Å². The molecular weight excluding hydrogens is 352 g/mol. The van der Waals surface area contributed by atoms with E-state index in [1.165, 1.54) is 0 Å². The molecule has 0 fully saturated rings. The number of likely N-dealkylation sites (N-methyl/N-ethyl adjacent to an activating group) is 1. The Kier molecular flexibility index (Phi) is 6.65. The lowest BCUT2D eigenvalue weighted by Gasteiger charge is -2.18. The van der Waals surface area contributed by atoms with Crippen LogP contribution in [-0.4, -0.2) is 31.5 Å². The highest BCUT2D eigenvalue weighted by Crippen LogP contribution is 2.29. The number of methoxy groups -OCH3 is 1. The van der Waals surface area contributed by atoms with E-state index in [9.17, 15) is 4.79 Å². The van der Waals surface area contributed by atoms with Gasteiger partial charge in [-0.2, -0.15) is 0 Å². The standard InChI is InChI=1S/C23H24N2O3/c1-25(16-18-10-6-8-14-21(18)27-2)17-23(26)24-20-13-7-9-15-22(20)28-19-11-4-3-5-12-19/h3-15H,16-17H2,1-2H3,(H,24,26). The molecule has 144 valence electrons. The molecule has 3 rings (SSSR count). The Hall–Kier alpha value is -3.31. The molecule has 0 radical (unpaired) electrons. The van der Waals surface area contributed by atoms with Gasteiger partial charge in [0.25, 0.3) is 0 Å². The Morgan fingerprint density at radius 3 is 2.29 bits per heavy atom. The second-order valence-electron chi connectivity index (χ2n) is 6.44. The highest BCUT2D eigenvalue weighted by molar-refractivity contribution is 5.93. The van der Waals surface area contributed by atoms with Crippen molar-refractivity contribution < 1.29 is 14.3 Å². The van der Waals surface area contributed by atoms with Gasteiger partial charge in [0.1, 0.15) is 11.5 Å². The van der Waals surface area contributed by atoms with Gasteiger partial charge in [0.2, 0.25) is 5.91 Å². The van der Waals surface area contributed by atoms with Crippen molar-refractivity contribution in [3.8, 4) is 17.2 Å². The zero-order valence-electron chi connectivity index (χ0n) is 16.1. The number of para-hydroxylation sites is 4. The first kappa shape index (κ1) is 19.5. The van der Waals surface area contributed by atoms with Crippen molar-refractivity contribution in [2.45, 2.75) is 6.54 Å². The number of rotatable bonds is 8. The van der Waals surface area contributed by atoms with Crippen molar-refractivity contribution in [2.75, 3.05) is 26.0 Å². The van der Waals surface area contributed by atoms with Crippen LogP contribution in [0.3, 0.4) is 0 Å². The fourth-order valence-corrected chi connectivity index (χ4v) is 2.89. The Labute approximate surface area is 165 Å². The highest BCUT2D eigenvalue weighted by Gasteiger charge is 2.12. The molecule has 1 amide bonds. The molecule has 1 N–H and O–H groups in total. The average Bonchev–Trinajstić information content (AvgIpc) is 2.70. The number of amides is 1. The van der Waals surface area contributed by atoms with Crippen LogP contribution < -0.4 is 14.8 Å². The Morgan fingerprint density at radius 1 is 0.893 bits per heavy atom. The van der Waals surface area contributed by atoms with E-state index in [2.05, 4.69) is 5.32 Å². The molecule has 3 aromatic rings. The van der Waals surface area contributed by atoms with Crippen molar-refractivity contribution in [3.05, 3.63) is 84.4 Å². The van der Waals surface area contributed by atoms with Gasteiger partial charge in [0.15, 0.2) is 5.75 Å². The maximum atomic E-state index is 12.5. The Bertz CT molecular complexity index is 912. The summed E-state index contributed by atoms with van der Waals surface area (Å²) in [5.41, 5.74) is 1.68. The molecule has 0 aliphatic rings. The van der Waals surface area contributed by atoms with E-state index in [1.807, 2.05) is 90.8 Å². The van der Waals surface area contributed by atoms with Gasteiger partial charge in [-0.1, -0.05) is 48.5 Å². The van der Waals surface area contributed by atoms with Gasteiger partial charge in [0, 0.05) is 12.1 Å². The summed E-state index contributed by atoms with van der Waals surface area (Å²) in [6.45, 7) is 0.858. The first-order valence-corrected chi connectivity index (χ1v) is 9.08. The number of carbonyl (C=O) groups excluding carboxylic acids is 1. The molecular formula is C23H24N2O3. The molecule has 0 unspecified atom stereocenters. The SMILES string of the molecule is COc1ccccc1CN(C)CC(=O)Nc1ccccc1Oc1ccccc1. The molecule has 0 aliphatic heterocycles. The molecule has 3 aromatic carbocycles. The number of benzene rings is 3. The summed E-state index contributed by atoms with van der Waals surface area (Å²) in [5.74, 6) is 2.03. The lowest BCUT2D eigenvalue weighted by Crippen LogP contribution is -2.30. The van der Waals surface area contributed by atoms with E-state index in [-0.39, 0.29) is 12.5 Å². The third-order valence-electron chi connectivity index (χ3n) is 4.18. The lowest BCUT2D eigenvalue weighted by atomic mass is 10.2. The maximum absolute atomic E-state index is 12.5. The third kappa shape index (κ3) is 5.34. The van der Waals surface area contributed by atoms with E-state index in [0.29, 0.717) is 18.0 Å². The van der Waals surface area contributed by atoms with Crippen molar-refractivity contribution >= 4 is 11.6 Å². The number of hydrogen-bond acceptors (Lipinski definition) is 4. The smallest absolute Gasteiger partial charge is 0.238 e. The minimum Gasteiger partial charge on any atom is -0.496 e. The predicted molar refractivity (Wildman–Crippen MR) is 111 cm³/mol. The van der Waals surface area contributed by atoms with Gasteiger partial charge < -0.3 is 14.8 Å². The molecule has 28 heavy (non-hydrogen) atoms. The topological polar surface area (TPSA) is 50.8 Å². The van der Waals surface area contributed by atoms with Crippen LogP contribution in [0.25, 0.3) is 0 Å². The summed E-state index contributed by atoms with van der Waals surface area (Å²) in [6, 6.07) is 24.7. The van der Waals surface area contributed by atoms with Gasteiger partial charge in [-0.15, -0.1) is 0 Å². The van der Waals surface area contributed by atoms with Crippen LogP contribution in [0.4, 0.5) is 5.69 Å². The molecule has 0 heterocycles. The van der Waals surface area contributed by atoms with Crippen LogP contribution in [0.1, 0.15) is 5.56 Å². The van der Waals surface area contributed by atoms with Crippen molar-refractivity contribution in [2.24, 2.45) is 0 Å². The van der Waals surface area contributed by atoms with E-state index in [4.69, 9.17) is 9.47 Å². The van der Waals surface area contributed by atoms with Crippen LogP contribution in [0.2, 0.25) is 0 Å². The Balaban J connectivity index is 1.62. The van der Waals surface area contributed by atoms with E-state index in [1.54, 1.807) is 7.11 Å². The summed E-state index contributed by atoms with van der Waals surface area (Å²) in [7, 11) is 3.55. The number of nitrogens with zero attached hydrogens (tertiary/aromatic N) is 1. The number of anilines is 1. The zero-order chi connectivity index (χ0) is 19.8. The predicted octanol–water partition coefficient (Wildman–Crippen LogP) is 4.56. The summed E-state index contributed by atoms with van der Waals surface area (Å²) in [4.78, 5) is 14.5. The summed E-state index contributed by atoms with van der Waals surface area (Å²) in [6.07, 6.45) is 0. The molecule has 0 aliphatic carbocycles. The third-order valence-corrected chi connectivity index (χ3v) is 4.18. The van der Waals surface area contributed by atoms with Gasteiger partial charge in [0.05, 0.1) is 19.3 Å². The molecule has 0 spiro atoms. The summed E-state index contributed by atoms with van der Waals surface area (Å²) in [5, 5.41) is 2.94. The van der Waals surface area contributed by atoms with Crippen LogP contribution in [0, 0.1) is 0 Å². The van der Waals surface area contributed by atoms with Gasteiger partial charge in [-0.05, 0) is 37.4 Å². The second kappa shape index (κ2) is 9.58. The van der Waals surface area contributed by atoms with Crippen molar-refractivity contribution in [1.82, 2.24) is 4.90 Å². The molecule has 0 saturated carbocycles. The van der Waals surface area contributed by atoms with Crippen molar-refractivity contribution in [1.29, 1.82) is 0 Å². The van der Waals surface area contributed by atoms with Crippen LogP contribution in [0.15, 0.2) is 78.9 Å². The molecule has 0 aromatic heterocycles. The maximum Gasteiger partial charge on any atom is 0.238 e. The first-order chi connectivity index (χ1) is 13.7. The van der Waals surface area contributed by atoms with Gasteiger partial charge in [-0.3, -0.25) is 9.69 Å². The molecule has 0 atom stereocenters. The van der Waals surface area contributed by atoms with Crippen molar-refractivity contribution in [3.63, 3.8) is 0 Å². The van der Waals surface area contributed by atoms with Gasteiger partial charge in [-0.25, -0.2) is 0 Å². The number of carbonyl (C=O) groups is 1. The first-order valence-electron chi connectivity index (χ1n) is 9.08. The molecule has 0 bridgehead atoms. The van der Waals surface area contributed by atoms with Crippen LogP contribution in [0.5, 0.6) is 17.2 Å². The minimum atomic E-state index is -0.110. The minimum absolute atomic E-state index is 0.110. The lowest BCUT2D eigenvalue weighted by molar-refractivity contribution is -0.117. The largest absolute Gasteiger partial charge is 0.496 e. The normalized spacial score (nSPS) is 10.5. The quantitative estimate of drug-likeness (QED) is 0.626. The van der Waals surface area contributed by atoms with Crippen LogP contribution >= 0.6 is 0 Å². The molecule has 5 nitrogen and oxygen atoms in total. The zero-order valence-corrected chi connectivity index (χ0v) is 16.1. The molecule has 0 saturated heterocycles. The van der Waals surface area contributed by atoms with E-state index in [0.717, 1.165) is 17.1 Å². The molecule has 5 heteroatoms. The Morgan fingerprint density at radius 2 is 1.54 bits per heavy atom. The fourth-order valence-electron chi connectivity index (χ4n) is 2.89. The summed E-state index contributed by atoms with van der Waals surface area (Å²) >= 11 is 0. The monoisotopic (exact) mass is 376 g/mol. The average molecular weight is 376 g/mol. The van der Waals surface area contributed by atoms with Crippen LogP contribution in [-0.2, 0) is 11.3 Å². The fraction of sp³-hybridized carbons (Fsp3) is 0.174. The summed E-state index contributed by atoms with van der Waals surface area (Å²) < 4.78 is 11.3. The number of ether oxygens (including phenoxy) is 2. The number of nitrogens with one attached hydrogen (secondary N) is 1. The second-order valence-corrected chi connectivity index (χ2v) is 6.44. The van der Waals surface area contributed by atoms with E-state index < -0.39 is 0 Å².